The number of fused-ring (bicyclic) bond motifs is 2. The van der Waals surface area contributed by atoms with E-state index in [-0.39, 0.29) is 11.9 Å². The maximum atomic E-state index is 12.8. The Kier molecular flexibility index (Phi) is 3.40. The van der Waals surface area contributed by atoms with Crippen LogP contribution in [0.2, 0.25) is 0 Å². The summed E-state index contributed by atoms with van der Waals surface area (Å²) < 4.78 is 7.88. The maximum Gasteiger partial charge on any atom is 0.290 e. The molecule has 3 heterocycles. The van der Waals surface area contributed by atoms with Crippen molar-refractivity contribution < 1.29 is 9.21 Å². The summed E-state index contributed by atoms with van der Waals surface area (Å²) in [5, 5.41) is 9.53. The van der Waals surface area contributed by atoms with E-state index in [2.05, 4.69) is 35.5 Å². The molecule has 1 aliphatic rings. The Bertz CT molecular complexity index is 876. The van der Waals surface area contributed by atoms with E-state index in [0.717, 1.165) is 22.6 Å². The molecule has 1 aromatic carbocycles. The van der Waals surface area contributed by atoms with Crippen molar-refractivity contribution in [2.75, 3.05) is 6.54 Å². The molecule has 0 unspecified atom stereocenters. The zero-order chi connectivity index (χ0) is 16.8. The van der Waals surface area contributed by atoms with Crippen molar-refractivity contribution in [1.29, 1.82) is 0 Å². The maximum absolute atomic E-state index is 12.8. The van der Waals surface area contributed by atoms with Crippen molar-refractivity contribution in [1.82, 2.24) is 19.7 Å². The largest absolute Gasteiger partial charge is 0.451 e. The van der Waals surface area contributed by atoms with E-state index in [1.165, 1.54) is 0 Å². The van der Waals surface area contributed by atoms with E-state index in [9.17, 15) is 4.79 Å². The van der Waals surface area contributed by atoms with E-state index in [0.29, 0.717) is 24.8 Å². The second-order valence-corrected chi connectivity index (χ2v) is 6.68. The Morgan fingerprint density at radius 3 is 2.83 bits per heavy atom. The molecular weight excluding hydrogens is 304 g/mol. The van der Waals surface area contributed by atoms with E-state index >= 15 is 0 Å². The molecule has 0 spiro atoms. The number of benzene rings is 1. The Morgan fingerprint density at radius 2 is 2.08 bits per heavy atom. The molecule has 1 atom stereocenters. The van der Waals surface area contributed by atoms with Crippen molar-refractivity contribution in [2.45, 2.75) is 39.3 Å². The predicted octanol–water partition coefficient (Wildman–Crippen LogP) is 3.36. The van der Waals surface area contributed by atoms with Gasteiger partial charge in [-0.2, -0.15) is 0 Å². The lowest BCUT2D eigenvalue weighted by atomic mass is 10.1. The fourth-order valence-electron chi connectivity index (χ4n) is 3.35. The SMILES string of the molecule is CC(C)c1nnc2n1[C@@H](C)CN(C(=O)c1cc3ccccc3o1)C2. The second-order valence-electron chi connectivity index (χ2n) is 6.68. The van der Waals surface area contributed by atoms with Crippen LogP contribution in [0, 0.1) is 0 Å². The van der Waals surface area contributed by atoms with Crippen LogP contribution in [0.25, 0.3) is 11.0 Å². The third-order valence-electron chi connectivity index (χ3n) is 4.49. The van der Waals surface area contributed by atoms with Crippen LogP contribution in [0.3, 0.4) is 0 Å². The molecular formula is C18H20N4O2. The summed E-state index contributed by atoms with van der Waals surface area (Å²) >= 11 is 0. The minimum atomic E-state index is -0.0987. The molecule has 0 bridgehead atoms. The zero-order valence-corrected chi connectivity index (χ0v) is 14.1. The monoisotopic (exact) mass is 324 g/mol. The van der Waals surface area contributed by atoms with Gasteiger partial charge in [-0.3, -0.25) is 4.79 Å². The molecule has 4 rings (SSSR count). The number of nitrogens with zero attached hydrogens (tertiary/aromatic N) is 4. The van der Waals surface area contributed by atoms with Crippen molar-refractivity contribution in [2.24, 2.45) is 0 Å². The van der Waals surface area contributed by atoms with E-state index in [1.54, 1.807) is 11.0 Å². The Balaban J connectivity index is 1.64. The molecule has 3 aromatic rings. The van der Waals surface area contributed by atoms with Gasteiger partial charge in [-0.05, 0) is 19.1 Å². The number of hydrogen-bond donors (Lipinski definition) is 0. The first-order valence-electron chi connectivity index (χ1n) is 8.26. The first kappa shape index (κ1) is 14.9. The smallest absolute Gasteiger partial charge is 0.290 e. The molecule has 6 heteroatoms. The number of carbonyl (C=O) groups excluding carboxylic acids is 1. The van der Waals surface area contributed by atoms with Crippen molar-refractivity contribution in [3.63, 3.8) is 0 Å². The van der Waals surface area contributed by atoms with E-state index in [4.69, 9.17) is 4.42 Å². The summed E-state index contributed by atoms with van der Waals surface area (Å²) in [6.45, 7) is 7.39. The van der Waals surface area contributed by atoms with Crippen LogP contribution in [-0.4, -0.2) is 32.1 Å². The van der Waals surface area contributed by atoms with E-state index < -0.39 is 0 Å². The number of para-hydroxylation sites is 1. The molecule has 24 heavy (non-hydrogen) atoms. The van der Waals surface area contributed by atoms with Crippen LogP contribution in [0.15, 0.2) is 34.7 Å². The topological polar surface area (TPSA) is 64.2 Å². The molecule has 0 N–H and O–H groups in total. The number of furan rings is 1. The highest BCUT2D eigenvalue weighted by atomic mass is 16.3. The van der Waals surface area contributed by atoms with Gasteiger partial charge >= 0.3 is 0 Å². The van der Waals surface area contributed by atoms with Gasteiger partial charge in [0.25, 0.3) is 5.91 Å². The molecule has 0 saturated heterocycles. The fraction of sp³-hybridized carbons (Fsp3) is 0.389. The van der Waals surface area contributed by atoms with Gasteiger partial charge in [-0.1, -0.05) is 32.0 Å². The lowest BCUT2D eigenvalue weighted by molar-refractivity contribution is 0.0649. The predicted molar refractivity (Wildman–Crippen MR) is 89.8 cm³/mol. The molecule has 0 aliphatic carbocycles. The number of amides is 1. The van der Waals surface area contributed by atoms with Crippen LogP contribution < -0.4 is 0 Å². The molecule has 0 radical (unpaired) electrons. The summed E-state index contributed by atoms with van der Waals surface area (Å²) in [4.78, 5) is 14.6. The van der Waals surface area contributed by atoms with Gasteiger partial charge in [0.1, 0.15) is 11.4 Å². The number of aromatic nitrogens is 3. The highest BCUT2D eigenvalue weighted by Gasteiger charge is 2.31. The third kappa shape index (κ3) is 2.29. The number of rotatable bonds is 2. The van der Waals surface area contributed by atoms with Crippen LogP contribution in [0.4, 0.5) is 0 Å². The standard InChI is InChI=1S/C18H20N4O2/c1-11(2)17-20-19-16-10-21(9-12(3)22(16)17)18(23)15-8-13-6-4-5-7-14(13)24-15/h4-8,11-12H,9-10H2,1-3H3/t12-/m0/s1. The first-order chi connectivity index (χ1) is 11.5. The third-order valence-corrected chi connectivity index (χ3v) is 4.49. The summed E-state index contributed by atoms with van der Waals surface area (Å²) in [6, 6.07) is 9.61. The highest BCUT2D eigenvalue weighted by Crippen LogP contribution is 2.27. The van der Waals surface area contributed by atoms with Crippen molar-refractivity contribution in [3.8, 4) is 0 Å². The van der Waals surface area contributed by atoms with Crippen LogP contribution in [0.1, 0.15) is 54.9 Å². The number of carbonyl (C=O) groups is 1. The van der Waals surface area contributed by atoms with Gasteiger partial charge in [0.05, 0.1) is 12.6 Å². The summed E-state index contributed by atoms with van der Waals surface area (Å²) in [7, 11) is 0. The average molecular weight is 324 g/mol. The Labute approximate surface area is 140 Å². The minimum absolute atomic E-state index is 0.0987. The summed E-state index contributed by atoms with van der Waals surface area (Å²) in [6.07, 6.45) is 0. The first-order valence-corrected chi connectivity index (χ1v) is 8.26. The van der Waals surface area contributed by atoms with Gasteiger partial charge in [-0.15, -0.1) is 10.2 Å². The molecule has 6 nitrogen and oxygen atoms in total. The van der Waals surface area contributed by atoms with Gasteiger partial charge in [0.15, 0.2) is 11.6 Å². The lowest BCUT2D eigenvalue weighted by Crippen LogP contribution is -2.40. The summed E-state index contributed by atoms with van der Waals surface area (Å²) in [5.74, 6) is 2.40. The van der Waals surface area contributed by atoms with Crippen molar-refractivity contribution in [3.05, 3.63) is 47.7 Å². The quantitative estimate of drug-likeness (QED) is 0.725. The Morgan fingerprint density at radius 1 is 1.29 bits per heavy atom. The fourth-order valence-corrected chi connectivity index (χ4v) is 3.35. The van der Waals surface area contributed by atoms with Gasteiger partial charge in [0, 0.05) is 17.8 Å². The Hall–Kier alpha value is -2.63. The molecule has 124 valence electrons. The highest BCUT2D eigenvalue weighted by molar-refractivity contribution is 5.96. The minimum Gasteiger partial charge on any atom is -0.451 e. The van der Waals surface area contributed by atoms with Crippen LogP contribution in [-0.2, 0) is 6.54 Å². The van der Waals surface area contributed by atoms with Gasteiger partial charge in [-0.25, -0.2) is 0 Å². The molecule has 0 saturated carbocycles. The van der Waals surface area contributed by atoms with Crippen LogP contribution in [0.5, 0.6) is 0 Å². The zero-order valence-electron chi connectivity index (χ0n) is 14.1. The second kappa shape index (κ2) is 5.47. The lowest BCUT2D eigenvalue weighted by Gasteiger charge is -2.32. The van der Waals surface area contributed by atoms with E-state index in [1.807, 2.05) is 24.3 Å². The molecule has 1 aliphatic heterocycles. The summed E-state index contributed by atoms with van der Waals surface area (Å²) in [5.41, 5.74) is 0.733. The average Bonchev–Trinajstić information content (AvgIpc) is 3.18. The van der Waals surface area contributed by atoms with Gasteiger partial charge < -0.3 is 13.9 Å². The normalized spacial score (nSPS) is 17.5. The van der Waals surface area contributed by atoms with Gasteiger partial charge in [0.2, 0.25) is 0 Å². The molecule has 0 fully saturated rings. The van der Waals surface area contributed by atoms with Crippen LogP contribution >= 0.6 is 0 Å². The van der Waals surface area contributed by atoms with Crippen molar-refractivity contribution >= 4 is 16.9 Å². The molecule has 2 aromatic heterocycles. The number of hydrogen-bond acceptors (Lipinski definition) is 4. The molecule has 1 amide bonds.